The highest BCUT2D eigenvalue weighted by Gasteiger charge is 2.18. The van der Waals surface area contributed by atoms with Gasteiger partial charge in [-0.3, -0.25) is 4.90 Å². The SMILES string of the molecule is Oc1ccc(-c2csc(CN3CCN(c4ccccc4)CC3)n2)cc1. The summed E-state index contributed by atoms with van der Waals surface area (Å²) in [5.41, 5.74) is 3.35. The van der Waals surface area contributed by atoms with E-state index < -0.39 is 0 Å². The molecule has 3 aromatic rings. The number of hydrogen-bond acceptors (Lipinski definition) is 5. The molecule has 4 nitrogen and oxygen atoms in total. The average molecular weight is 351 g/mol. The normalized spacial score (nSPS) is 15.4. The van der Waals surface area contributed by atoms with E-state index in [2.05, 4.69) is 45.5 Å². The summed E-state index contributed by atoms with van der Waals surface area (Å²) in [6.45, 7) is 5.14. The van der Waals surface area contributed by atoms with Crippen molar-refractivity contribution in [2.24, 2.45) is 0 Å². The Hall–Kier alpha value is -2.37. The molecule has 1 aliphatic heterocycles. The van der Waals surface area contributed by atoms with Gasteiger partial charge in [0.25, 0.3) is 0 Å². The van der Waals surface area contributed by atoms with Crippen LogP contribution in [-0.2, 0) is 6.54 Å². The minimum Gasteiger partial charge on any atom is -0.508 e. The van der Waals surface area contributed by atoms with Crippen LogP contribution in [0.15, 0.2) is 60.0 Å². The molecule has 2 heterocycles. The lowest BCUT2D eigenvalue weighted by molar-refractivity contribution is 0.249. The maximum atomic E-state index is 9.40. The molecule has 25 heavy (non-hydrogen) atoms. The fourth-order valence-corrected chi connectivity index (χ4v) is 3.99. The molecule has 1 aliphatic rings. The molecule has 1 saturated heterocycles. The van der Waals surface area contributed by atoms with Crippen LogP contribution in [0.5, 0.6) is 5.75 Å². The van der Waals surface area contributed by atoms with Crippen molar-refractivity contribution in [2.75, 3.05) is 31.1 Å². The van der Waals surface area contributed by atoms with Crippen molar-refractivity contribution in [1.29, 1.82) is 0 Å². The van der Waals surface area contributed by atoms with Gasteiger partial charge in [0, 0.05) is 42.8 Å². The van der Waals surface area contributed by atoms with Gasteiger partial charge in [-0.05, 0) is 36.4 Å². The average Bonchev–Trinajstić information content (AvgIpc) is 3.12. The minimum atomic E-state index is 0.287. The van der Waals surface area contributed by atoms with E-state index in [0.29, 0.717) is 0 Å². The number of rotatable bonds is 4. The van der Waals surface area contributed by atoms with Gasteiger partial charge < -0.3 is 10.0 Å². The second-order valence-corrected chi connectivity index (χ2v) is 7.21. The first-order chi connectivity index (χ1) is 12.3. The van der Waals surface area contributed by atoms with Crippen LogP contribution in [-0.4, -0.2) is 41.2 Å². The predicted octanol–water partition coefficient (Wildman–Crippen LogP) is 3.84. The van der Waals surface area contributed by atoms with E-state index in [-0.39, 0.29) is 5.75 Å². The highest BCUT2D eigenvalue weighted by Crippen LogP contribution is 2.25. The molecule has 1 aromatic heterocycles. The Balaban J connectivity index is 1.35. The minimum absolute atomic E-state index is 0.287. The summed E-state index contributed by atoms with van der Waals surface area (Å²) in [4.78, 5) is 9.68. The fourth-order valence-electron chi connectivity index (χ4n) is 3.14. The number of aromatic hydroxyl groups is 1. The van der Waals surface area contributed by atoms with Gasteiger partial charge in [0.05, 0.1) is 12.2 Å². The molecule has 0 amide bonds. The van der Waals surface area contributed by atoms with Crippen molar-refractivity contribution >= 4 is 17.0 Å². The summed E-state index contributed by atoms with van der Waals surface area (Å²) in [5.74, 6) is 0.287. The third-order valence-electron chi connectivity index (χ3n) is 4.57. The number of hydrogen-bond donors (Lipinski definition) is 1. The van der Waals surface area contributed by atoms with E-state index in [1.54, 1.807) is 23.5 Å². The van der Waals surface area contributed by atoms with Crippen molar-refractivity contribution in [1.82, 2.24) is 9.88 Å². The van der Waals surface area contributed by atoms with E-state index >= 15 is 0 Å². The number of aromatic nitrogens is 1. The lowest BCUT2D eigenvalue weighted by Gasteiger charge is -2.35. The Morgan fingerprint density at radius 2 is 1.64 bits per heavy atom. The van der Waals surface area contributed by atoms with Crippen LogP contribution >= 0.6 is 11.3 Å². The zero-order valence-electron chi connectivity index (χ0n) is 14.0. The topological polar surface area (TPSA) is 39.6 Å². The van der Waals surface area contributed by atoms with E-state index in [0.717, 1.165) is 49.0 Å². The van der Waals surface area contributed by atoms with Gasteiger partial charge in [-0.1, -0.05) is 18.2 Å². The number of piperazine rings is 1. The zero-order chi connectivity index (χ0) is 17.1. The predicted molar refractivity (Wildman–Crippen MR) is 103 cm³/mol. The van der Waals surface area contributed by atoms with Crippen LogP contribution in [0.2, 0.25) is 0 Å². The lowest BCUT2D eigenvalue weighted by atomic mass is 10.2. The molecule has 0 radical (unpaired) electrons. The fraction of sp³-hybridized carbons (Fsp3) is 0.250. The molecule has 0 saturated carbocycles. The van der Waals surface area contributed by atoms with Gasteiger partial charge >= 0.3 is 0 Å². The van der Waals surface area contributed by atoms with Crippen molar-refractivity contribution in [2.45, 2.75) is 6.54 Å². The Bertz CT molecular complexity index is 808. The van der Waals surface area contributed by atoms with Crippen LogP contribution in [0.4, 0.5) is 5.69 Å². The molecular weight excluding hydrogens is 330 g/mol. The Morgan fingerprint density at radius 1 is 0.920 bits per heavy atom. The van der Waals surface area contributed by atoms with Crippen LogP contribution in [0.25, 0.3) is 11.3 Å². The third kappa shape index (κ3) is 3.83. The summed E-state index contributed by atoms with van der Waals surface area (Å²) >= 11 is 1.71. The first-order valence-corrected chi connectivity index (χ1v) is 9.42. The number of phenols is 1. The molecule has 4 rings (SSSR count). The standard InChI is InChI=1S/C20H21N3OS/c24-18-8-6-16(7-9-18)19-15-25-20(21-19)14-22-10-12-23(13-11-22)17-4-2-1-3-5-17/h1-9,15,24H,10-14H2. The van der Waals surface area contributed by atoms with Gasteiger partial charge in [-0.25, -0.2) is 4.98 Å². The van der Waals surface area contributed by atoms with Crippen molar-refractivity contribution in [3.63, 3.8) is 0 Å². The lowest BCUT2D eigenvalue weighted by Crippen LogP contribution is -2.45. The zero-order valence-corrected chi connectivity index (χ0v) is 14.8. The van der Waals surface area contributed by atoms with Gasteiger partial charge in [-0.2, -0.15) is 0 Å². The maximum absolute atomic E-state index is 9.40. The van der Waals surface area contributed by atoms with Gasteiger partial charge in [-0.15, -0.1) is 11.3 Å². The first kappa shape index (κ1) is 16.1. The third-order valence-corrected chi connectivity index (χ3v) is 5.40. The summed E-state index contributed by atoms with van der Waals surface area (Å²) in [6, 6.07) is 17.9. The van der Waals surface area contributed by atoms with E-state index in [1.807, 2.05) is 12.1 Å². The number of phenolic OH excluding ortho intramolecular Hbond substituents is 1. The van der Waals surface area contributed by atoms with E-state index in [4.69, 9.17) is 4.98 Å². The van der Waals surface area contributed by atoms with Crippen LogP contribution < -0.4 is 4.90 Å². The molecular formula is C20H21N3OS. The molecule has 0 aliphatic carbocycles. The molecule has 0 unspecified atom stereocenters. The number of anilines is 1. The highest BCUT2D eigenvalue weighted by molar-refractivity contribution is 7.09. The van der Waals surface area contributed by atoms with Gasteiger partial charge in [0.15, 0.2) is 0 Å². The maximum Gasteiger partial charge on any atom is 0.115 e. The first-order valence-electron chi connectivity index (χ1n) is 8.54. The molecule has 128 valence electrons. The summed E-state index contributed by atoms with van der Waals surface area (Å²) in [7, 11) is 0. The van der Waals surface area contributed by atoms with Crippen molar-refractivity contribution in [3.05, 3.63) is 65.0 Å². The molecule has 0 atom stereocenters. The molecule has 0 bridgehead atoms. The van der Waals surface area contributed by atoms with Crippen LogP contribution in [0.1, 0.15) is 5.01 Å². The molecule has 0 spiro atoms. The molecule has 5 heteroatoms. The number of nitrogens with zero attached hydrogens (tertiary/aromatic N) is 3. The van der Waals surface area contributed by atoms with Gasteiger partial charge in [0.2, 0.25) is 0 Å². The largest absolute Gasteiger partial charge is 0.508 e. The number of benzene rings is 2. The van der Waals surface area contributed by atoms with E-state index in [9.17, 15) is 5.11 Å². The number of thiazole rings is 1. The second kappa shape index (κ2) is 7.25. The highest BCUT2D eigenvalue weighted by atomic mass is 32.1. The molecule has 1 N–H and O–H groups in total. The van der Waals surface area contributed by atoms with E-state index in [1.165, 1.54) is 5.69 Å². The van der Waals surface area contributed by atoms with Crippen LogP contribution in [0.3, 0.4) is 0 Å². The van der Waals surface area contributed by atoms with Gasteiger partial charge in [0.1, 0.15) is 10.8 Å². The molecule has 2 aromatic carbocycles. The summed E-state index contributed by atoms with van der Waals surface area (Å²) in [5, 5.41) is 12.6. The summed E-state index contributed by atoms with van der Waals surface area (Å²) in [6.07, 6.45) is 0. The van der Waals surface area contributed by atoms with Crippen LogP contribution in [0, 0.1) is 0 Å². The Morgan fingerprint density at radius 3 is 2.36 bits per heavy atom. The second-order valence-electron chi connectivity index (χ2n) is 6.27. The Kier molecular flexibility index (Phi) is 4.68. The van der Waals surface area contributed by atoms with Crippen molar-refractivity contribution in [3.8, 4) is 17.0 Å². The molecule has 1 fully saturated rings. The quantitative estimate of drug-likeness (QED) is 0.775. The van der Waals surface area contributed by atoms with Crippen molar-refractivity contribution < 1.29 is 5.11 Å². The summed E-state index contributed by atoms with van der Waals surface area (Å²) < 4.78 is 0. The Labute approximate surface area is 152 Å². The smallest absolute Gasteiger partial charge is 0.115 e. The number of para-hydroxylation sites is 1. The monoisotopic (exact) mass is 351 g/mol.